The summed E-state index contributed by atoms with van der Waals surface area (Å²) in [6.45, 7) is 4.95. The number of aromatic nitrogens is 2. The largest absolute Gasteiger partial charge is 0.370 e. The van der Waals surface area contributed by atoms with E-state index in [9.17, 15) is 0 Å². The Balaban J connectivity index is 2.19. The molecule has 0 amide bonds. The fraction of sp³-hybridized carbons (Fsp3) is 0.333. The third kappa shape index (κ3) is 4.51. The number of hydrogen-bond donors (Lipinski definition) is 2. The Morgan fingerprint density at radius 2 is 2.00 bits per heavy atom. The van der Waals surface area contributed by atoms with Crippen LogP contribution in [-0.2, 0) is 0 Å². The molecule has 6 heteroatoms. The maximum atomic E-state index is 6.04. The monoisotopic (exact) mass is 322 g/mol. The van der Waals surface area contributed by atoms with Gasteiger partial charge in [-0.1, -0.05) is 35.5 Å². The van der Waals surface area contributed by atoms with Gasteiger partial charge in [0.25, 0.3) is 0 Å². The van der Waals surface area contributed by atoms with Crippen LogP contribution < -0.4 is 10.6 Å². The maximum absolute atomic E-state index is 6.04. The minimum absolute atomic E-state index is 0.114. The first kappa shape index (κ1) is 15.9. The van der Waals surface area contributed by atoms with E-state index >= 15 is 0 Å². The van der Waals surface area contributed by atoms with E-state index in [0.29, 0.717) is 0 Å². The molecule has 2 aromatic rings. The summed E-state index contributed by atoms with van der Waals surface area (Å²) in [6.07, 6.45) is 1.97. The minimum atomic E-state index is 0.114. The molecule has 1 aromatic heterocycles. The number of benzene rings is 1. The molecule has 1 heterocycles. The van der Waals surface area contributed by atoms with Gasteiger partial charge >= 0.3 is 0 Å². The Morgan fingerprint density at radius 3 is 2.67 bits per heavy atom. The van der Waals surface area contributed by atoms with Crippen LogP contribution in [0.5, 0.6) is 0 Å². The molecule has 1 aromatic carbocycles. The van der Waals surface area contributed by atoms with E-state index in [0.717, 1.165) is 33.9 Å². The molecule has 1 atom stereocenters. The van der Waals surface area contributed by atoms with Crippen LogP contribution in [0, 0.1) is 0 Å². The summed E-state index contributed by atoms with van der Waals surface area (Å²) in [5.41, 5.74) is 1.12. The third-order valence-corrected chi connectivity index (χ3v) is 3.74. The van der Waals surface area contributed by atoms with Crippen molar-refractivity contribution in [3.8, 4) is 0 Å². The first-order valence-electron chi connectivity index (χ1n) is 6.81. The highest BCUT2D eigenvalue weighted by Gasteiger charge is 2.09. The van der Waals surface area contributed by atoms with Gasteiger partial charge in [0.1, 0.15) is 11.6 Å². The van der Waals surface area contributed by atoms with Crippen molar-refractivity contribution < 1.29 is 0 Å². The Morgan fingerprint density at radius 1 is 1.24 bits per heavy atom. The second kappa shape index (κ2) is 7.52. The Bertz CT molecular complexity index is 606. The molecule has 21 heavy (non-hydrogen) atoms. The number of nitrogens with zero attached hydrogens (tertiary/aromatic N) is 2. The van der Waals surface area contributed by atoms with E-state index in [4.69, 9.17) is 11.6 Å². The Hall–Kier alpha value is -1.46. The lowest BCUT2D eigenvalue weighted by molar-refractivity contribution is 0.855. The standard InChI is InChI=1S/C15H19ClN4S/c1-4-17-13-9-14(20-15(19-13)21-3)18-10(2)11-6-5-7-12(16)8-11/h5-10H,4H2,1-3H3,(H2,17,18,19,20). The number of thioether (sulfide) groups is 1. The van der Waals surface area contributed by atoms with Gasteiger partial charge in [-0.3, -0.25) is 0 Å². The van der Waals surface area contributed by atoms with Crippen LogP contribution in [0.4, 0.5) is 11.6 Å². The molecule has 112 valence electrons. The average molecular weight is 323 g/mol. The zero-order valence-electron chi connectivity index (χ0n) is 12.4. The van der Waals surface area contributed by atoms with Crippen molar-refractivity contribution in [3.05, 3.63) is 40.9 Å². The third-order valence-electron chi connectivity index (χ3n) is 2.96. The molecule has 0 fully saturated rings. The smallest absolute Gasteiger partial charge is 0.191 e. The summed E-state index contributed by atoms with van der Waals surface area (Å²) in [5.74, 6) is 1.63. The molecule has 0 saturated carbocycles. The van der Waals surface area contributed by atoms with Gasteiger partial charge in [-0.2, -0.15) is 0 Å². The van der Waals surface area contributed by atoms with Crippen molar-refractivity contribution >= 4 is 35.0 Å². The highest BCUT2D eigenvalue weighted by atomic mass is 35.5. The predicted molar refractivity (Wildman–Crippen MR) is 91.5 cm³/mol. The van der Waals surface area contributed by atoms with E-state index in [-0.39, 0.29) is 6.04 Å². The van der Waals surface area contributed by atoms with E-state index in [1.165, 1.54) is 11.8 Å². The van der Waals surface area contributed by atoms with Crippen molar-refractivity contribution in [1.82, 2.24) is 9.97 Å². The van der Waals surface area contributed by atoms with Crippen molar-refractivity contribution in [2.75, 3.05) is 23.4 Å². The zero-order chi connectivity index (χ0) is 15.2. The predicted octanol–water partition coefficient (Wildman–Crippen LogP) is 4.46. The zero-order valence-corrected chi connectivity index (χ0v) is 13.9. The van der Waals surface area contributed by atoms with E-state index in [1.807, 2.05) is 43.5 Å². The van der Waals surface area contributed by atoms with Gasteiger partial charge in [-0.25, -0.2) is 9.97 Å². The molecule has 0 bridgehead atoms. The molecule has 0 saturated heterocycles. The average Bonchev–Trinajstić information content (AvgIpc) is 2.47. The molecule has 0 aliphatic carbocycles. The quantitative estimate of drug-likeness (QED) is 0.607. The maximum Gasteiger partial charge on any atom is 0.191 e. The van der Waals surface area contributed by atoms with Crippen LogP contribution in [0.3, 0.4) is 0 Å². The van der Waals surface area contributed by atoms with Crippen molar-refractivity contribution in [2.45, 2.75) is 25.0 Å². The van der Waals surface area contributed by atoms with Crippen LogP contribution in [0.15, 0.2) is 35.5 Å². The molecule has 0 radical (unpaired) electrons. The first-order valence-corrected chi connectivity index (χ1v) is 8.41. The van der Waals surface area contributed by atoms with Gasteiger partial charge in [-0.15, -0.1) is 0 Å². The number of halogens is 1. The van der Waals surface area contributed by atoms with Crippen LogP contribution in [0.2, 0.25) is 5.02 Å². The second-order valence-electron chi connectivity index (χ2n) is 4.58. The minimum Gasteiger partial charge on any atom is -0.370 e. The molecule has 0 spiro atoms. The summed E-state index contributed by atoms with van der Waals surface area (Å²) in [5, 5.41) is 8.10. The van der Waals surface area contributed by atoms with Gasteiger partial charge in [-0.05, 0) is 37.8 Å². The molecule has 2 rings (SSSR count). The van der Waals surface area contributed by atoms with Crippen LogP contribution in [0.25, 0.3) is 0 Å². The fourth-order valence-electron chi connectivity index (χ4n) is 1.94. The highest BCUT2D eigenvalue weighted by molar-refractivity contribution is 7.98. The van der Waals surface area contributed by atoms with E-state index in [1.54, 1.807) is 0 Å². The summed E-state index contributed by atoms with van der Waals surface area (Å²) in [7, 11) is 0. The molecule has 0 aliphatic rings. The van der Waals surface area contributed by atoms with Crippen LogP contribution in [-0.4, -0.2) is 22.8 Å². The number of rotatable bonds is 6. The van der Waals surface area contributed by atoms with Gasteiger partial charge in [0.15, 0.2) is 5.16 Å². The topological polar surface area (TPSA) is 49.8 Å². The van der Waals surface area contributed by atoms with Gasteiger partial charge in [0, 0.05) is 23.7 Å². The highest BCUT2D eigenvalue weighted by Crippen LogP contribution is 2.23. The summed E-state index contributed by atoms with van der Waals surface area (Å²) in [6, 6.07) is 9.87. The SMILES string of the molecule is CCNc1cc(NC(C)c2cccc(Cl)c2)nc(SC)n1. The summed E-state index contributed by atoms with van der Waals surface area (Å²) < 4.78 is 0. The molecular weight excluding hydrogens is 304 g/mol. The van der Waals surface area contributed by atoms with Crippen molar-refractivity contribution in [1.29, 1.82) is 0 Å². The first-order chi connectivity index (χ1) is 10.1. The normalized spacial score (nSPS) is 12.0. The lowest BCUT2D eigenvalue weighted by Crippen LogP contribution is -2.10. The van der Waals surface area contributed by atoms with Crippen LogP contribution >= 0.6 is 23.4 Å². The number of hydrogen-bond acceptors (Lipinski definition) is 5. The summed E-state index contributed by atoms with van der Waals surface area (Å²) in [4.78, 5) is 8.91. The molecule has 0 aliphatic heterocycles. The fourth-order valence-corrected chi connectivity index (χ4v) is 2.52. The lowest BCUT2D eigenvalue weighted by Gasteiger charge is -2.16. The van der Waals surface area contributed by atoms with E-state index in [2.05, 4.69) is 27.5 Å². The Labute approximate surface area is 134 Å². The molecule has 2 N–H and O–H groups in total. The molecule has 4 nitrogen and oxygen atoms in total. The van der Waals surface area contributed by atoms with Gasteiger partial charge in [0.2, 0.25) is 0 Å². The van der Waals surface area contributed by atoms with Crippen molar-refractivity contribution in [3.63, 3.8) is 0 Å². The van der Waals surface area contributed by atoms with E-state index < -0.39 is 0 Å². The van der Waals surface area contributed by atoms with Gasteiger partial charge in [0.05, 0.1) is 0 Å². The summed E-state index contributed by atoms with van der Waals surface area (Å²) >= 11 is 7.56. The number of nitrogens with one attached hydrogen (secondary N) is 2. The Kier molecular flexibility index (Phi) is 5.70. The van der Waals surface area contributed by atoms with Gasteiger partial charge < -0.3 is 10.6 Å². The number of anilines is 2. The van der Waals surface area contributed by atoms with Crippen molar-refractivity contribution in [2.24, 2.45) is 0 Å². The molecule has 1 unspecified atom stereocenters. The lowest BCUT2D eigenvalue weighted by atomic mass is 10.1. The molecular formula is C15H19ClN4S. The second-order valence-corrected chi connectivity index (χ2v) is 5.79. The van der Waals surface area contributed by atoms with Crippen LogP contribution in [0.1, 0.15) is 25.5 Å².